The smallest absolute Gasteiger partial charge is 0.0994 e. The molecule has 11 heavy (non-hydrogen) atoms. The van der Waals surface area contributed by atoms with E-state index in [-0.39, 0.29) is 21.1 Å². The van der Waals surface area contributed by atoms with Crippen molar-refractivity contribution >= 4 is 0 Å². The maximum Gasteiger partial charge on any atom is 0.0994 e. The summed E-state index contributed by atoms with van der Waals surface area (Å²) in [6, 6.07) is 1.99. The summed E-state index contributed by atoms with van der Waals surface area (Å²) in [6.45, 7) is 3.92. The monoisotopic (exact) mass is 320 g/mol. The van der Waals surface area contributed by atoms with Crippen LogP contribution < -0.4 is 4.74 Å². The van der Waals surface area contributed by atoms with E-state index in [1.807, 2.05) is 19.9 Å². The molecule has 0 N–H and O–H groups in total. The predicted octanol–water partition coefficient (Wildman–Crippen LogP) is 1.50. The van der Waals surface area contributed by atoms with Gasteiger partial charge in [-0.15, -0.1) is 11.1 Å². The molecule has 0 spiro atoms. The van der Waals surface area contributed by atoms with Crippen LogP contribution in [0.5, 0.6) is 5.88 Å². The van der Waals surface area contributed by atoms with Crippen LogP contribution in [0, 0.1) is 20.0 Å². The number of pyridine rings is 1. The standard InChI is InChI=1S/C8H10NO.W/c1-6-4-7(2)8(10-3)9-5-6;/h4H,1-3H3;/q-1;. The van der Waals surface area contributed by atoms with Crippen LogP contribution in [0.2, 0.25) is 0 Å². The molecule has 2 nitrogen and oxygen atoms in total. The minimum Gasteiger partial charge on any atom is -0.537 e. The fraction of sp³-hybridized carbons (Fsp3) is 0.375. The third kappa shape index (κ3) is 2.62. The van der Waals surface area contributed by atoms with Gasteiger partial charge in [0.2, 0.25) is 0 Å². The number of aryl methyl sites for hydroxylation is 2. The van der Waals surface area contributed by atoms with Gasteiger partial charge in [0, 0.05) is 21.1 Å². The van der Waals surface area contributed by atoms with Crippen LogP contribution in [-0.2, 0) is 21.1 Å². The Morgan fingerprint density at radius 3 is 2.55 bits per heavy atom. The number of ether oxygens (including phenoxy) is 1. The van der Waals surface area contributed by atoms with Crippen molar-refractivity contribution in [2.45, 2.75) is 13.8 Å². The summed E-state index contributed by atoms with van der Waals surface area (Å²) in [4.78, 5) is 3.95. The summed E-state index contributed by atoms with van der Waals surface area (Å²) in [7, 11) is 1.61. The zero-order valence-electron chi connectivity index (χ0n) is 6.84. The predicted molar refractivity (Wildman–Crippen MR) is 39.1 cm³/mol. The van der Waals surface area contributed by atoms with Gasteiger partial charge in [0.05, 0.1) is 13.0 Å². The summed E-state index contributed by atoms with van der Waals surface area (Å²) in [5, 5.41) is 0. The minimum absolute atomic E-state index is 0. The van der Waals surface area contributed by atoms with E-state index in [2.05, 4.69) is 11.2 Å². The quantitative estimate of drug-likeness (QED) is 0.732. The molecular formula is C8H10NOW-. The van der Waals surface area contributed by atoms with Gasteiger partial charge in [0.15, 0.2) is 0 Å². The molecule has 0 aliphatic carbocycles. The van der Waals surface area contributed by atoms with Gasteiger partial charge in [0.25, 0.3) is 0 Å². The average molecular weight is 320 g/mol. The van der Waals surface area contributed by atoms with Gasteiger partial charge in [0.1, 0.15) is 0 Å². The molecule has 1 aromatic heterocycles. The fourth-order valence-corrected chi connectivity index (χ4v) is 0.853. The normalized spacial score (nSPS) is 8.64. The zero-order valence-corrected chi connectivity index (χ0v) is 9.77. The first-order valence-corrected chi connectivity index (χ1v) is 3.14. The molecule has 1 aromatic rings. The van der Waals surface area contributed by atoms with Crippen LogP contribution in [0.3, 0.4) is 0 Å². The number of nitrogens with zero attached hydrogens (tertiary/aromatic N) is 1. The van der Waals surface area contributed by atoms with Crippen LogP contribution in [0.15, 0.2) is 6.07 Å². The SMILES string of the molecule is COc1n[c-]c(C)cc1C.[W]. The van der Waals surface area contributed by atoms with Crippen molar-refractivity contribution in [3.8, 4) is 5.88 Å². The Balaban J connectivity index is 0.000001000. The number of aromatic nitrogens is 1. The molecule has 0 saturated carbocycles. The van der Waals surface area contributed by atoms with E-state index in [0.29, 0.717) is 5.88 Å². The van der Waals surface area contributed by atoms with E-state index in [0.717, 1.165) is 11.1 Å². The first-order chi connectivity index (χ1) is 4.74. The Morgan fingerprint density at radius 2 is 2.09 bits per heavy atom. The van der Waals surface area contributed by atoms with Gasteiger partial charge in [-0.2, -0.15) is 6.07 Å². The largest absolute Gasteiger partial charge is 0.537 e. The average Bonchev–Trinajstić information content (AvgIpc) is 1.88. The molecule has 0 radical (unpaired) electrons. The molecule has 1 heterocycles. The first kappa shape index (κ1) is 10.6. The Hall–Kier alpha value is -0.362. The zero-order chi connectivity index (χ0) is 7.56. The summed E-state index contributed by atoms with van der Waals surface area (Å²) in [5.41, 5.74) is 2.09. The van der Waals surface area contributed by atoms with Gasteiger partial charge in [-0.25, -0.2) is 0 Å². The van der Waals surface area contributed by atoms with E-state index >= 15 is 0 Å². The molecule has 1 rings (SSSR count). The third-order valence-corrected chi connectivity index (χ3v) is 1.30. The van der Waals surface area contributed by atoms with Crippen LogP contribution in [-0.4, -0.2) is 12.1 Å². The van der Waals surface area contributed by atoms with E-state index < -0.39 is 0 Å². The Bertz CT molecular complexity index is 238. The summed E-state index contributed by atoms with van der Waals surface area (Å²) < 4.78 is 4.96. The van der Waals surface area contributed by atoms with E-state index in [4.69, 9.17) is 4.74 Å². The maximum absolute atomic E-state index is 4.96. The van der Waals surface area contributed by atoms with E-state index in [1.54, 1.807) is 7.11 Å². The van der Waals surface area contributed by atoms with Gasteiger partial charge < -0.3 is 9.72 Å². The first-order valence-electron chi connectivity index (χ1n) is 3.14. The molecule has 0 atom stereocenters. The van der Waals surface area contributed by atoms with Crippen molar-refractivity contribution < 1.29 is 25.8 Å². The molecule has 0 fully saturated rings. The van der Waals surface area contributed by atoms with Crippen molar-refractivity contribution in [3.63, 3.8) is 0 Å². The second-order valence-electron chi connectivity index (χ2n) is 2.24. The molecule has 0 aliphatic heterocycles. The number of rotatable bonds is 1. The Labute approximate surface area is 81.2 Å². The van der Waals surface area contributed by atoms with Crippen LogP contribution in [0.25, 0.3) is 0 Å². The van der Waals surface area contributed by atoms with Crippen molar-refractivity contribution in [1.29, 1.82) is 0 Å². The van der Waals surface area contributed by atoms with Gasteiger partial charge in [-0.3, -0.25) is 0 Å². The summed E-state index contributed by atoms with van der Waals surface area (Å²) in [6.07, 6.45) is 2.82. The van der Waals surface area contributed by atoms with Gasteiger partial charge in [-0.1, -0.05) is 20.0 Å². The third-order valence-electron chi connectivity index (χ3n) is 1.30. The van der Waals surface area contributed by atoms with Crippen molar-refractivity contribution in [2.24, 2.45) is 0 Å². The molecular weight excluding hydrogens is 310 g/mol. The van der Waals surface area contributed by atoms with Crippen molar-refractivity contribution in [3.05, 3.63) is 23.4 Å². The fourth-order valence-electron chi connectivity index (χ4n) is 0.853. The number of hydrogen-bond donors (Lipinski definition) is 0. The maximum atomic E-state index is 4.96. The van der Waals surface area contributed by atoms with Crippen molar-refractivity contribution in [1.82, 2.24) is 4.98 Å². The Kier molecular flexibility index (Phi) is 4.35. The molecule has 0 unspecified atom stereocenters. The second-order valence-corrected chi connectivity index (χ2v) is 2.24. The van der Waals surface area contributed by atoms with Gasteiger partial charge >= 0.3 is 0 Å². The van der Waals surface area contributed by atoms with Crippen LogP contribution in [0.1, 0.15) is 11.1 Å². The van der Waals surface area contributed by atoms with E-state index in [1.165, 1.54) is 0 Å². The molecule has 0 bridgehead atoms. The van der Waals surface area contributed by atoms with Crippen LogP contribution in [0.4, 0.5) is 0 Å². The molecule has 60 valence electrons. The molecule has 0 saturated heterocycles. The second kappa shape index (κ2) is 4.50. The summed E-state index contributed by atoms with van der Waals surface area (Å²) >= 11 is 0. The number of methoxy groups -OCH3 is 1. The number of hydrogen-bond acceptors (Lipinski definition) is 2. The van der Waals surface area contributed by atoms with Crippen LogP contribution >= 0.6 is 0 Å². The van der Waals surface area contributed by atoms with Gasteiger partial charge in [-0.05, 0) is 0 Å². The molecule has 0 aliphatic rings. The van der Waals surface area contributed by atoms with Crippen molar-refractivity contribution in [2.75, 3.05) is 7.11 Å². The topological polar surface area (TPSA) is 22.1 Å². The molecule has 0 aromatic carbocycles. The minimum atomic E-state index is 0. The Morgan fingerprint density at radius 1 is 1.45 bits per heavy atom. The molecule has 3 heteroatoms. The molecule has 0 amide bonds. The summed E-state index contributed by atoms with van der Waals surface area (Å²) in [5.74, 6) is 0.658. The van der Waals surface area contributed by atoms with E-state index in [9.17, 15) is 0 Å².